The maximum Gasteiger partial charge on any atom is 0.359 e. The number of nitrogens with one attached hydrogen (secondary N) is 2. The zero-order valence-electron chi connectivity index (χ0n) is 11.9. The fourth-order valence-electron chi connectivity index (χ4n) is 1.86. The van der Waals surface area contributed by atoms with Crippen molar-refractivity contribution in [3.8, 4) is 0 Å². The van der Waals surface area contributed by atoms with Gasteiger partial charge in [0.2, 0.25) is 17.5 Å². The Morgan fingerprint density at radius 3 is 2.77 bits per heavy atom. The van der Waals surface area contributed by atoms with Gasteiger partial charge < -0.3 is 10.1 Å². The topological polar surface area (TPSA) is 118 Å². The minimum atomic E-state index is -0.789. The minimum absolute atomic E-state index is 0.0170. The van der Waals surface area contributed by atoms with E-state index in [1.807, 2.05) is 0 Å². The number of allylic oxidation sites excluding steroid dienone is 2. The maximum atomic E-state index is 12.4. The number of H-pyrrole nitrogens is 1. The molecule has 8 nitrogen and oxygen atoms in total. The second kappa shape index (κ2) is 6.56. The van der Waals surface area contributed by atoms with Crippen LogP contribution in [0.5, 0.6) is 0 Å². The lowest BCUT2D eigenvalue weighted by atomic mass is 9.99. The van der Waals surface area contributed by atoms with Gasteiger partial charge in [-0.3, -0.25) is 19.5 Å². The summed E-state index contributed by atoms with van der Waals surface area (Å²) in [4.78, 5) is 46.9. The first-order valence-electron chi connectivity index (χ1n) is 6.30. The van der Waals surface area contributed by atoms with Crippen LogP contribution >= 0.6 is 11.8 Å². The average molecular weight is 323 g/mol. The Morgan fingerprint density at radius 1 is 1.41 bits per heavy atom. The first-order chi connectivity index (χ1) is 10.5. The van der Waals surface area contributed by atoms with Crippen molar-refractivity contribution in [1.82, 2.24) is 15.5 Å². The van der Waals surface area contributed by atoms with E-state index in [1.165, 1.54) is 13.0 Å². The van der Waals surface area contributed by atoms with Crippen LogP contribution in [0.3, 0.4) is 0 Å². The smallest absolute Gasteiger partial charge is 0.359 e. The van der Waals surface area contributed by atoms with E-state index >= 15 is 0 Å². The van der Waals surface area contributed by atoms with Gasteiger partial charge in [0.25, 0.3) is 0 Å². The number of carbonyl (C=O) groups excluding carboxylic acids is 4. The van der Waals surface area contributed by atoms with Crippen LogP contribution in [-0.4, -0.2) is 53.0 Å². The van der Waals surface area contributed by atoms with Crippen molar-refractivity contribution in [3.05, 3.63) is 27.9 Å². The summed E-state index contributed by atoms with van der Waals surface area (Å²) in [5.74, 6) is -1.43. The highest BCUT2D eigenvalue weighted by Crippen LogP contribution is 2.29. The molecule has 0 saturated heterocycles. The van der Waals surface area contributed by atoms with Gasteiger partial charge in [0.15, 0.2) is 5.69 Å². The van der Waals surface area contributed by atoms with Crippen molar-refractivity contribution < 1.29 is 23.9 Å². The molecule has 0 aliphatic heterocycles. The summed E-state index contributed by atoms with van der Waals surface area (Å²) < 4.78 is 4.55. The number of aromatic amines is 1. The quantitative estimate of drug-likeness (QED) is 0.592. The first-order valence-corrected chi connectivity index (χ1v) is 7.29. The molecular weight excluding hydrogens is 310 g/mol. The van der Waals surface area contributed by atoms with Crippen molar-refractivity contribution in [3.63, 3.8) is 0 Å². The standard InChI is InChI=1S/C13H13N3O5S/c1-6(17)14-3-4-22-8-5-7(18)10-9(12(8)19)11(16-15-10)13(20)21-2/h5H,3-4H2,1-2H3,(H,14,17)(H,15,16). The van der Waals surface area contributed by atoms with Crippen LogP contribution in [0.2, 0.25) is 0 Å². The lowest BCUT2D eigenvalue weighted by Gasteiger charge is -2.11. The molecule has 0 radical (unpaired) electrons. The third-order valence-corrected chi connectivity index (χ3v) is 3.86. The average Bonchev–Trinajstić information content (AvgIpc) is 2.93. The molecule has 116 valence electrons. The van der Waals surface area contributed by atoms with Gasteiger partial charge >= 0.3 is 5.97 Å². The molecule has 1 aliphatic carbocycles. The number of aromatic nitrogens is 2. The maximum absolute atomic E-state index is 12.4. The number of Topliss-reactive ketones (excluding diaryl/α,β-unsaturated/α-hetero) is 1. The highest BCUT2D eigenvalue weighted by molar-refractivity contribution is 8.04. The Balaban J connectivity index is 2.18. The van der Waals surface area contributed by atoms with Gasteiger partial charge in [-0.25, -0.2) is 4.79 Å². The molecular formula is C13H13N3O5S. The van der Waals surface area contributed by atoms with E-state index in [4.69, 9.17) is 0 Å². The second-order valence-corrected chi connectivity index (χ2v) is 5.48. The Kier molecular flexibility index (Phi) is 4.76. The minimum Gasteiger partial charge on any atom is -0.464 e. The predicted octanol–water partition coefficient (Wildman–Crippen LogP) is 0.328. The van der Waals surface area contributed by atoms with E-state index in [-0.39, 0.29) is 27.8 Å². The number of ether oxygens (including phenoxy) is 1. The number of thioether (sulfide) groups is 1. The summed E-state index contributed by atoms with van der Waals surface area (Å²) in [5.41, 5.74) is -0.290. The van der Waals surface area contributed by atoms with Gasteiger partial charge in [0.1, 0.15) is 5.69 Å². The lowest BCUT2D eigenvalue weighted by molar-refractivity contribution is -0.118. The summed E-state index contributed by atoms with van der Waals surface area (Å²) in [7, 11) is 1.16. The van der Waals surface area contributed by atoms with Crippen molar-refractivity contribution in [2.24, 2.45) is 0 Å². The van der Waals surface area contributed by atoms with Gasteiger partial charge in [0.05, 0.1) is 17.6 Å². The summed E-state index contributed by atoms with van der Waals surface area (Å²) in [5, 5.41) is 8.66. The fourth-order valence-corrected chi connectivity index (χ4v) is 2.71. The van der Waals surface area contributed by atoms with Crippen LogP contribution in [0, 0.1) is 0 Å². The zero-order valence-corrected chi connectivity index (χ0v) is 12.7. The van der Waals surface area contributed by atoms with Crippen LogP contribution in [0.4, 0.5) is 0 Å². The molecule has 0 saturated carbocycles. The largest absolute Gasteiger partial charge is 0.464 e. The van der Waals surface area contributed by atoms with E-state index in [0.717, 1.165) is 18.9 Å². The summed E-state index contributed by atoms with van der Waals surface area (Å²) in [6.45, 7) is 1.75. The number of hydrogen-bond acceptors (Lipinski definition) is 7. The highest BCUT2D eigenvalue weighted by Gasteiger charge is 2.34. The van der Waals surface area contributed by atoms with Crippen molar-refractivity contribution in [2.45, 2.75) is 6.92 Å². The predicted molar refractivity (Wildman–Crippen MR) is 77.8 cm³/mol. The molecule has 1 heterocycles. The number of amides is 1. The van der Waals surface area contributed by atoms with Crippen LogP contribution in [0.15, 0.2) is 11.0 Å². The second-order valence-electron chi connectivity index (χ2n) is 4.35. The van der Waals surface area contributed by atoms with Gasteiger partial charge in [-0.2, -0.15) is 5.10 Å². The van der Waals surface area contributed by atoms with Crippen molar-refractivity contribution in [2.75, 3.05) is 19.4 Å². The number of nitrogens with zero attached hydrogens (tertiary/aromatic N) is 1. The number of fused-ring (bicyclic) bond motifs is 1. The summed E-state index contributed by atoms with van der Waals surface area (Å²) >= 11 is 1.13. The number of hydrogen-bond donors (Lipinski definition) is 2. The number of esters is 1. The fraction of sp³-hybridized carbons (Fsp3) is 0.308. The SMILES string of the molecule is COC(=O)c1n[nH]c2c1C(=O)C(SCCNC(C)=O)=CC2=O. The molecule has 0 unspecified atom stereocenters. The molecule has 0 atom stereocenters. The van der Waals surface area contributed by atoms with Gasteiger partial charge in [0, 0.05) is 25.3 Å². The van der Waals surface area contributed by atoms with Gasteiger partial charge in [-0.15, -0.1) is 11.8 Å². The number of rotatable bonds is 5. The van der Waals surface area contributed by atoms with Gasteiger partial charge in [-0.1, -0.05) is 0 Å². The van der Waals surface area contributed by atoms with Crippen LogP contribution < -0.4 is 5.32 Å². The zero-order chi connectivity index (χ0) is 16.3. The first kappa shape index (κ1) is 16.0. The molecule has 0 fully saturated rings. The lowest BCUT2D eigenvalue weighted by Crippen LogP contribution is -2.23. The number of ketones is 2. The van der Waals surface area contributed by atoms with Crippen LogP contribution in [-0.2, 0) is 9.53 Å². The molecule has 1 aromatic rings. The van der Waals surface area contributed by atoms with Crippen molar-refractivity contribution in [1.29, 1.82) is 0 Å². The third-order valence-electron chi connectivity index (χ3n) is 2.84. The van der Waals surface area contributed by atoms with E-state index in [9.17, 15) is 19.2 Å². The van der Waals surface area contributed by atoms with E-state index in [1.54, 1.807) is 0 Å². The molecule has 0 spiro atoms. The Bertz CT molecular complexity index is 692. The Hall–Kier alpha value is -2.42. The van der Waals surface area contributed by atoms with Crippen LogP contribution in [0.1, 0.15) is 38.3 Å². The molecule has 1 aromatic heterocycles. The highest BCUT2D eigenvalue weighted by atomic mass is 32.2. The van der Waals surface area contributed by atoms with E-state index in [0.29, 0.717) is 12.3 Å². The normalized spacial score (nSPS) is 13.5. The Labute approximate surface area is 129 Å². The molecule has 22 heavy (non-hydrogen) atoms. The molecule has 2 N–H and O–H groups in total. The number of methoxy groups -OCH3 is 1. The summed E-state index contributed by atoms with van der Waals surface area (Å²) in [6, 6.07) is 0. The molecule has 0 bridgehead atoms. The monoisotopic (exact) mass is 323 g/mol. The third kappa shape index (κ3) is 3.08. The molecule has 0 aromatic carbocycles. The number of carbonyl (C=O) groups is 4. The van der Waals surface area contributed by atoms with E-state index in [2.05, 4.69) is 20.3 Å². The van der Waals surface area contributed by atoms with Crippen molar-refractivity contribution >= 4 is 35.2 Å². The van der Waals surface area contributed by atoms with E-state index < -0.39 is 17.5 Å². The molecule has 1 aliphatic rings. The van der Waals surface area contributed by atoms with Gasteiger partial charge in [-0.05, 0) is 0 Å². The molecule has 2 rings (SSSR count). The Morgan fingerprint density at radius 2 is 2.14 bits per heavy atom. The molecule has 1 amide bonds. The summed E-state index contributed by atoms with van der Waals surface area (Å²) in [6.07, 6.45) is 1.20. The molecule has 9 heteroatoms. The van der Waals surface area contributed by atoms with Crippen LogP contribution in [0.25, 0.3) is 0 Å².